The maximum atomic E-state index is 11.7. The third-order valence-corrected chi connectivity index (χ3v) is 3.92. The van der Waals surface area contributed by atoms with Gasteiger partial charge >= 0.3 is 11.9 Å². The number of hydrogen-bond donors (Lipinski definition) is 0. The predicted molar refractivity (Wildman–Crippen MR) is 104 cm³/mol. The van der Waals surface area contributed by atoms with Crippen LogP contribution in [0.25, 0.3) is 0 Å². The minimum Gasteiger partial charge on any atom is -0.460 e. The van der Waals surface area contributed by atoms with Crippen LogP contribution < -0.4 is 0 Å². The second kappa shape index (κ2) is 18.5. The van der Waals surface area contributed by atoms with Crippen LogP contribution in [0.2, 0.25) is 0 Å². The third-order valence-electron chi connectivity index (χ3n) is 3.92. The van der Waals surface area contributed by atoms with E-state index in [1.165, 1.54) is 25.7 Å². The summed E-state index contributed by atoms with van der Waals surface area (Å²) >= 11 is 0. The van der Waals surface area contributed by atoms with Crippen LogP contribution in [-0.2, 0) is 19.1 Å². The van der Waals surface area contributed by atoms with Gasteiger partial charge in [-0.3, -0.25) is 0 Å². The number of carbonyl (C=O) groups is 2. The molecule has 4 nitrogen and oxygen atoms in total. The molecule has 0 heterocycles. The Morgan fingerprint density at radius 3 is 1.40 bits per heavy atom. The molecule has 0 N–H and O–H groups in total. The van der Waals surface area contributed by atoms with Gasteiger partial charge in [0.2, 0.25) is 0 Å². The van der Waals surface area contributed by atoms with Gasteiger partial charge in [-0.1, -0.05) is 52.4 Å². The van der Waals surface area contributed by atoms with Crippen LogP contribution >= 0.6 is 0 Å². The third kappa shape index (κ3) is 18.3. The van der Waals surface area contributed by atoms with E-state index < -0.39 is 11.9 Å². The Morgan fingerprint density at radius 1 is 0.720 bits per heavy atom. The molecule has 0 aliphatic carbocycles. The Morgan fingerprint density at radius 2 is 1.08 bits per heavy atom. The first kappa shape index (κ1) is 26.9. The summed E-state index contributed by atoms with van der Waals surface area (Å²) in [5.41, 5.74) is 0. The van der Waals surface area contributed by atoms with Crippen molar-refractivity contribution in [2.75, 3.05) is 0 Å². The molecule has 0 saturated heterocycles. The fourth-order valence-electron chi connectivity index (χ4n) is 2.45. The summed E-state index contributed by atoms with van der Waals surface area (Å²) in [6, 6.07) is 0. The van der Waals surface area contributed by atoms with Gasteiger partial charge in [0.15, 0.2) is 0 Å². The molecule has 2 unspecified atom stereocenters. The molecule has 0 aromatic rings. The van der Waals surface area contributed by atoms with Crippen molar-refractivity contribution in [2.24, 2.45) is 0 Å². The van der Waals surface area contributed by atoms with Gasteiger partial charge in [0, 0.05) is 41.7 Å². The van der Waals surface area contributed by atoms with E-state index in [0.29, 0.717) is 0 Å². The van der Waals surface area contributed by atoms with E-state index >= 15 is 0 Å². The van der Waals surface area contributed by atoms with E-state index in [9.17, 15) is 9.59 Å². The average Bonchev–Trinajstić information content (AvgIpc) is 2.54. The summed E-state index contributed by atoms with van der Waals surface area (Å²) in [7, 11) is 0. The molecule has 25 heavy (non-hydrogen) atoms. The number of esters is 2. The van der Waals surface area contributed by atoms with E-state index in [1.54, 1.807) is 0 Å². The zero-order valence-corrected chi connectivity index (χ0v) is 19.0. The molecule has 2 atom stereocenters. The van der Waals surface area contributed by atoms with E-state index in [-0.39, 0.29) is 41.8 Å². The maximum absolute atomic E-state index is 11.7. The van der Waals surface area contributed by atoms with Gasteiger partial charge in [-0.2, -0.15) is 0 Å². The van der Waals surface area contributed by atoms with Crippen LogP contribution in [0, 0.1) is 0 Å². The average molecular weight is 363 g/mol. The van der Waals surface area contributed by atoms with E-state index in [0.717, 1.165) is 50.7 Å². The van der Waals surface area contributed by atoms with Crippen LogP contribution in [-0.4, -0.2) is 53.7 Å². The van der Waals surface area contributed by atoms with Crippen LogP contribution in [0.3, 0.4) is 0 Å². The summed E-state index contributed by atoms with van der Waals surface area (Å²) in [5, 5.41) is 0. The molecule has 141 valence electrons. The Labute approximate surface area is 176 Å². The maximum Gasteiger partial charge on any atom is 0.331 e. The largest absolute Gasteiger partial charge is 0.460 e. The van der Waals surface area contributed by atoms with E-state index in [2.05, 4.69) is 13.8 Å². The topological polar surface area (TPSA) is 52.6 Å². The van der Waals surface area contributed by atoms with Gasteiger partial charge in [-0.05, 0) is 39.5 Å². The molecule has 0 fully saturated rings. The van der Waals surface area contributed by atoms with Crippen molar-refractivity contribution in [2.45, 2.75) is 104 Å². The normalized spacial score (nSPS) is 13.1. The molecule has 0 aromatic carbocycles. The van der Waals surface area contributed by atoms with Gasteiger partial charge in [0.25, 0.3) is 0 Å². The van der Waals surface area contributed by atoms with E-state index in [4.69, 9.17) is 9.47 Å². The molecule has 0 bridgehead atoms. The van der Waals surface area contributed by atoms with Crippen LogP contribution in [0.5, 0.6) is 0 Å². The summed E-state index contributed by atoms with van der Waals surface area (Å²) in [5.74, 6) is -0.962. The van der Waals surface area contributed by atoms with Crippen molar-refractivity contribution in [3.8, 4) is 0 Å². The second-order valence-electron chi connectivity index (χ2n) is 6.53. The first-order valence-electron chi connectivity index (χ1n) is 9.58. The smallest absolute Gasteiger partial charge is 0.331 e. The number of carbonyl (C=O) groups excluding carboxylic acids is 2. The van der Waals surface area contributed by atoms with Crippen LogP contribution in [0.15, 0.2) is 12.2 Å². The second-order valence-corrected chi connectivity index (χ2v) is 6.53. The Kier molecular flexibility index (Phi) is 19.9. The molecule has 1 radical (unpaired) electrons. The standard InChI is InChI=1S/C20H36O4.Na/c1-5-7-9-11-13-17(3)23-19(21)15-16-20(22)24-18(4)14-12-10-8-6-2;/h15-18H,5-14H2,1-4H3;/b16-15-;. The van der Waals surface area contributed by atoms with Crippen LogP contribution in [0.1, 0.15) is 91.9 Å². The zero-order chi connectivity index (χ0) is 18.2. The summed E-state index contributed by atoms with van der Waals surface area (Å²) in [6.07, 6.45) is 13.1. The molecule has 0 spiro atoms. The molecule has 0 aliphatic heterocycles. The summed E-state index contributed by atoms with van der Waals surface area (Å²) in [4.78, 5) is 23.3. The van der Waals surface area contributed by atoms with Gasteiger partial charge in [-0.15, -0.1) is 0 Å². The van der Waals surface area contributed by atoms with Crippen molar-refractivity contribution < 1.29 is 19.1 Å². The van der Waals surface area contributed by atoms with Crippen molar-refractivity contribution in [1.82, 2.24) is 0 Å². The van der Waals surface area contributed by atoms with Gasteiger partial charge in [0.1, 0.15) is 0 Å². The van der Waals surface area contributed by atoms with E-state index in [1.807, 2.05) is 13.8 Å². The molecular formula is C20H36NaO4. The fraction of sp³-hybridized carbons (Fsp3) is 0.800. The number of unbranched alkanes of at least 4 members (excludes halogenated alkanes) is 6. The first-order chi connectivity index (χ1) is 11.5. The quantitative estimate of drug-likeness (QED) is 0.189. The summed E-state index contributed by atoms with van der Waals surface area (Å²) < 4.78 is 10.5. The Balaban J connectivity index is 0. The zero-order valence-electron chi connectivity index (χ0n) is 17.0. The first-order valence-corrected chi connectivity index (χ1v) is 9.58. The van der Waals surface area contributed by atoms with Gasteiger partial charge in [-0.25, -0.2) is 9.59 Å². The molecule has 0 saturated carbocycles. The SMILES string of the molecule is CCCCCCC(C)OC(=O)/C=C\C(=O)OC(C)CCCCCC.[Na]. The minimum absolute atomic E-state index is 0. The van der Waals surface area contributed by atoms with Crippen molar-refractivity contribution in [3.63, 3.8) is 0 Å². The van der Waals surface area contributed by atoms with Gasteiger partial charge < -0.3 is 9.47 Å². The molecule has 5 heteroatoms. The van der Waals surface area contributed by atoms with Crippen molar-refractivity contribution in [1.29, 1.82) is 0 Å². The number of ether oxygens (including phenoxy) is 2. The van der Waals surface area contributed by atoms with Gasteiger partial charge in [0.05, 0.1) is 12.2 Å². The van der Waals surface area contributed by atoms with Crippen molar-refractivity contribution >= 4 is 41.5 Å². The number of rotatable bonds is 14. The monoisotopic (exact) mass is 363 g/mol. The number of hydrogen-bond acceptors (Lipinski definition) is 4. The fourth-order valence-corrected chi connectivity index (χ4v) is 2.45. The predicted octanol–water partition coefficient (Wildman–Crippen LogP) is 4.97. The molecule has 0 aromatic heterocycles. The minimum atomic E-state index is -0.481. The van der Waals surface area contributed by atoms with Crippen molar-refractivity contribution in [3.05, 3.63) is 12.2 Å². The molecule has 0 aliphatic rings. The molecule has 0 rings (SSSR count). The van der Waals surface area contributed by atoms with Crippen LogP contribution in [0.4, 0.5) is 0 Å². The Bertz CT molecular complexity index is 335. The Hall–Kier alpha value is -0.320. The molecule has 0 amide bonds. The summed E-state index contributed by atoms with van der Waals surface area (Å²) in [6.45, 7) is 8.10. The molecular weight excluding hydrogens is 327 g/mol.